The minimum Gasteiger partial charge on any atom is -0.459 e. The molecule has 0 aliphatic carbocycles. The molecule has 3 aromatic rings. The van der Waals surface area contributed by atoms with Gasteiger partial charge in [0.1, 0.15) is 11.3 Å². The van der Waals surface area contributed by atoms with Gasteiger partial charge in [0.05, 0.1) is 11.6 Å². The number of aryl methyl sites for hydroxylation is 1. The van der Waals surface area contributed by atoms with Crippen LogP contribution in [0.4, 0.5) is 0 Å². The van der Waals surface area contributed by atoms with Gasteiger partial charge in [0.2, 0.25) is 0 Å². The lowest BCUT2D eigenvalue weighted by Gasteiger charge is -2.11. The summed E-state index contributed by atoms with van der Waals surface area (Å²) in [5, 5.41) is 1.11. The van der Waals surface area contributed by atoms with Crippen molar-refractivity contribution in [1.29, 1.82) is 0 Å². The van der Waals surface area contributed by atoms with Crippen LogP contribution in [0.3, 0.4) is 0 Å². The van der Waals surface area contributed by atoms with Crippen LogP contribution < -0.4 is 11.3 Å². The van der Waals surface area contributed by atoms with E-state index in [9.17, 15) is 0 Å². The second-order valence-corrected chi connectivity index (χ2v) is 5.55. The molecule has 0 spiro atoms. The molecular formula is C14H15N3OS. The molecule has 3 N–H and O–H groups in total. The molecule has 0 fully saturated rings. The van der Waals surface area contributed by atoms with Crippen molar-refractivity contribution in [3.05, 3.63) is 52.2 Å². The van der Waals surface area contributed by atoms with E-state index in [1.165, 1.54) is 10.4 Å². The quantitative estimate of drug-likeness (QED) is 0.566. The minimum absolute atomic E-state index is 0.0341. The molecular weight excluding hydrogens is 258 g/mol. The van der Waals surface area contributed by atoms with E-state index in [4.69, 9.17) is 10.3 Å². The van der Waals surface area contributed by atoms with Crippen molar-refractivity contribution < 1.29 is 4.42 Å². The number of rotatable bonds is 4. The van der Waals surface area contributed by atoms with Crippen LogP contribution in [-0.2, 0) is 6.42 Å². The summed E-state index contributed by atoms with van der Waals surface area (Å²) in [4.78, 5) is 5.26. The van der Waals surface area contributed by atoms with Gasteiger partial charge >= 0.3 is 0 Å². The first-order valence-electron chi connectivity index (χ1n) is 6.10. The summed E-state index contributed by atoms with van der Waals surface area (Å²) in [6.45, 7) is 2.07. The zero-order valence-electron chi connectivity index (χ0n) is 10.6. The van der Waals surface area contributed by atoms with Gasteiger partial charge in [-0.25, -0.2) is 5.43 Å². The zero-order chi connectivity index (χ0) is 13.2. The zero-order valence-corrected chi connectivity index (χ0v) is 11.4. The molecule has 1 atom stereocenters. The molecule has 3 rings (SSSR count). The molecule has 19 heavy (non-hydrogen) atoms. The summed E-state index contributed by atoms with van der Waals surface area (Å²) in [5.74, 6) is 6.51. The third-order valence-electron chi connectivity index (χ3n) is 3.12. The average molecular weight is 273 g/mol. The lowest BCUT2D eigenvalue weighted by molar-refractivity contribution is 0.436. The Hall–Kier alpha value is -1.69. The van der Waals surface area contributed by atoms with Crippen LogP contribution in [0, 0.1) is 6.92 Å². The highest BCUT2D eigenvalue weighted by molar-refractivity contribution is 7.09. The van der Waals surface area contributed by atoms with Gasteiger partial charge in [-0.05, 0) is 25.1 Å². The number of nitrogens with one attached hydrogen (secondary N) is 1. The van der Waals surface area contributed by atoms with Crippen molar-refractivity contribution in [2.75, 3.05) is 0 Å². The van der Waals surface area contributed by atoms with Gasteiger partial charge in [-0.15, -0.1) is 11.3 Å². The molecule has 0 saturated heterocycles. The lowest BCUT2D eigenvalue weighted by atomic mass is 10.1. The highest BCUT2D eigenvalue weighted by atomic mass is 32.1. The number of furan rings is 1. The maximum atomic E-state index is 5.87. The van der Waals surface area contributed by atoms with Crippen molar-refractivity contribution in [1.82, 2.24) is 10.4 Å². The van der Waals surface area contributed by atoms with E-state index in [2.05, 4.69) is 23.4 Å². The van der Waals surface area contributed by atoms with Crippen molar-refractivity contribution in [2.24, 2.45) is 5.84 Å². The van der Waals surface area contributed by atoms with Gasteiger partial charge < -0.3 is 4.42 Å². The van der Waals surface area contributed by atoms with Gasteiger partial charge in [-0.1, -0.05) is 11.6 Å². The maximum absolute atomic E-state index is 5.87. The third-order valence-corrected chi connectivity index (χ3v) is 3.93. The van der Waals surface area contributed by atoms with Gasteiger partial charge in [0, 0.05) is 22.9 Å². The molecule has 0 radical (unpaired) electrons. The van der Waals surface area contributed by atoms with Crippen molar-refractivity contribution in [3.8, 4) is 0 Å². The van der Waals surface area contributed by atoms with E-state index in [0.717, 1.165) is 23.2 Å². The number of hydrazine groups is 1. The van der Waals surface area contributed by atoms with Crippen LogP contribution in [0.25, 0.3) is 11.0 Å². The van der Waals surface area contributed by atoms with E-state index in [-0.39, 0.29) is 6.04 Å². The summed E-state index contributed by atoms with van der Waals surface area (Å²) in [6.07, 6.45) is 2.64. The molecule has 98 valence electrons. The fraction of sp³-hybridized carbons (Fsp3) is 0.214. The lowest BCUT2D eigenvalue weighted by Crippen LogP contribution is -2.29. The predicted molar refractivity (Wildman–Crippen MR) is 76.8 cm³/mol. The summed E-state index contributed by atoms with van der Waals surface area (Å²) in [6, 6.07) is 8.17. The molecule has 1 aromatic carbocycles. The smallest absolute Gasteiger partial charge is 0.134 e. The number of thiazole rings is 1. The molecule has 0 aliphatic heterocycles. The Kier molecular flexibility index (Phi) is 3.33. The van der Waals surface area contributed by atoms with Crippen LogP contribution in [0.5, 0.6) is 0 Å². The largest absolute Gasteiger partial charge is 0.459 e. The van der Waals surface area contributed by atoms with Gasteiger partial charge in [-0.2, -0.15) is 0 Å². The Morgan fingerprint density at radius 1 is 1.42 bits per heavy atom. The SMILES string of the molecule is Cc1ccc2oc(C(Cc3cncs3)NN)cc2c1. The highest BCUT2D eigenvalue weighted by Crippen LogP contribution is 2.27. The monoisotopic (exact) mass is 273 g/mol. The molecule has 2 heterocycles. The first kappa shape index (κ1) is 12.3. The molecule has 2 aromatic heterocycles. The van der Waals surface area contributed by atoms with Crippen LogP contribution >= 0.6 is 11.3 Å². The Labute approximate surface area is 115 Å². The molecule has 0 amide bonds. The van der Waals surface area contributed by atoms with E-state index in [0.29, 0.717) is 0 Å². The molecule has 0 bridgehead atoms. The summed E-state index contributed by atoms with van der Waals surface area (Å²) >= 11 is 1.62. The topological polar surface area (TPSA) is 64.1 Å². The fourth-order valence-corrected chi connectivity index (χ4v) is 2.78. The molecule has 0 aliphatic rings. The average Bonchev–Trinajstić information content (AvgIpc) is 3.03. The molecule has 5 heteroatoms. The number of nitrogens with zero attached hydrogens (tertiary/aromatic N) is 1. The second kappa shape index (κ2) is 5.13. The van der Waals surface area contributed by atoms with Gasteiger partial charge in [0.15, 0.2) is 0 Å². The van der Waals surface area contributed by atoms with Gasteiger partial charge in [0.25, 0.3) is 0 Å². The van der Waals surface area contributed by atoms with Crippen LogP contribution in [0.2, 0.25) is 0 Å². The van der Waals surface area contributed by atoms with Crippen molar-refractivity contribution in [2.45, 2.75) is 19.4 Å². The second-order valence-electron chi connectivity index (χ2n) is 4.58. The number of fused-ring (bicyclic) bond motifs is 1. The third kappa shape index (κ3) is 2.53. The van der Waals surface area contributed by atoms with E-state index >= 15 is 0 Å². The Morgan fingerprint density at radius 3 is 3.05 bits per heavy atom. The number of aromatic nitrogens is 1. The molecule has 1 unspecified atom stereocenters. The van der Waals surface area contributed by atoms with Crippen molar-refractivity contribution >= 4 is 22.3 Å². The van der Waals surface area contributed by atoms with E-state index in [1.54, 1.807) is 11.3 Å². The van der Waals surface area contributed by atoms with Crippen LogP contribution in [-0.4, -0.2) is 4.98 Å². The first-order chi connectivity index (χ1) is 9.26. The Bertz CT molecular complexity index is 675. The summed E-state index contributed by atoms with van der Waals surface area (Å²) < 4.78 is 5.87. The summed E-state index contributed by atoms with van der Waals surface area (Å²) in [7, 11) is 0. The number of nitrogens with two attached hydrogens (primary N) is 1. The first-order valence-corrected chi connectivity index (χ1v) is 6.98. The molecule has 0 saturated carbocycles. The van der Waals surface area contributed by atoms with Crippen LogP contribution in [0.15, 0.2) is 40.4 Å². The van der Waals surface area contributed by atoms with Crippen molar-refractivity contribution in [3.63, 3.8) is 0 Å². The Balaban J connectivity index is 1.92. The minimum atomic E-state index is -0.0341. The highest BCUT2D eigenvalue weighted by Gasteiger charge is 2.16. The van der Waals surface area contributed by atoms with Crippen LogP contribution in [0.1, 0.15) is 22.2 Å². The Morgan fingerprint density at radius 2 is 2.32 bits per heavy atom. The normalized spacial score (nSPS) is 12.9. The summed E-state index contributed by atoms with van der Waals surface area (Å²) in [5.41, 5.74) is 6.76. The maximum Gasteiger partial charge on any atom is 0.134 e. The predicted octanol–water partition coefficient (Wildman–Crippen LogP) is 2.94. The van der Waals surface area contributed by atoms with E-state index in [1.807, 2.05) is 29.9 Å². The number of hydrogen-bond donors (Lipinski definition) is 2. The number of hydrogen-bond acceptors (Lipinski definition) is 5. The number of benzene rings is 1. The van der Waals surface area contributed by atoms with E-state index < -0.39 is 0 Å². The molecule has 4 nitrogen and oxygen atoms in total. The standard InChI is InChI=1S/C14H15N3OS/c1-9-2-3-13-10(4-9)5-14(18-13)12(17-15)6-11-7-16-8-19-11/h2-5,7-8,12,17H,6,15H2,1H3. The fourth-order valence-electron chi connectivity index (χ4n) is 2.14. The van der Waals surface area contributed by atoms with Gasteiger partial charge in [-0.3, -0.25) is 10.8 Å².